The largest absolute Gasteiger partial charge is 0.488 e. The molecule has 0 bridgehead atoms. The van der Waals surface area contributed by atoms with E-state index in [-0.39, 0.29) is 25.4 Å². The predicted molar refractivity (Wildman–Crippen MR) is 62.8 cm³/mol. The van der Waals surface area contributed by atoms with E-state index in [0.717, 1.165) is 0 Å². The van der Waals surface area contributed by atoms with Gasteiger partial charge in [0.05, 0.1) is 0 Å². The Morgan fingerprint density at radius 3 is 2.47 bits per heavy atom. The van der Waals surface area contributed by atoms with Crippen molar-refractivity contribution in [2.24, 2.45) is 0 Å². The van der Waals surface area contributed by atoms with Gasteiger partial charge in [-0.2, -0.15) is 0 Å². The van der Waals surface area contributed by atoms with Gasteiger partial charge in [-0.1, -0.05) is 12.1 Å². The number of aliphatic hydroxyl groups is 2. The molecule has 4 nitrogen and oxygen atoms in total. The zero-order valence-corrected chi connectivity index (χ0v) is 10.1. The molecule has 108 valence electrons. The number of ether oxygens (including phenoxy) is 1. The topological polar surface area (TPSA) is 61.7 Å². The first-order valence-corrected chi connectivity index (χ1v) is 5.73. The molecular weight excluding hydrogens is 263 g/mol. The molecule has 7 heteroatoms. The number of rotatable bonds is 8. The summed E-state index contributed by atoms with van der Waals surface area (Å²) in [6.45, 7) is -0.564. The van der Waals surface area contributed by atoms with E-state index in [1.165, 1.54) is 18.2 Å². The minimum Gasteiger partial charge on any atom is -0.488 e. The second-order valence-corrected chi connectivity index (χ2v) is 3.96. The van der Waals surface area contributed by atoms with Crippen molar-refractivity contribution in [2.45, 2.75) is 18.6 Å². The molecule has 0 aliphatic heterocycles. The van der Waals surface area contributed by atoms with Gasteiger partial charge in [-0.15, -0.1) is 0 Å². The van der Waals surface area contributed by atoms with Crippen LogP contribution in [0.15, 0.2) is 24.3 Å². The van der Waals surface area contributed by atoms with Crippen LogP contribution in [0.2, 0.25) is 0 Å². The Kier molecular flexibility index (Phi) is 6.61. The molecule has 0 amide bonds. The minimum absolute atomic E-state index is 0.00849. The molecule has 3 N–H and O–H groups in total. The van der Waals surface area contributed by atoms with Crippen molar-refractivity contribution < 1.29 is 28.1 Å². The molecule has 19 heavy (non-hydrogen) atoms. The van der Waals surface area contributed by atoms with E-state index >= 15 is 0 Å². The van der Waals surface area contributed by atoms with Gasteiger partial charge in [-0.3, -0.25) is 0 Å². The van der Waals surface area contributed by atoms with Crippen LogP contribution < -0.4 is 10.1 Å². The molecule has 0 aromatic heterocycles. The number of hydrogen-bond donors (Lipinski definition) is 3. The van der Waals surface area contributed by atoms with Gasteiger partial charge in [0.1, 0.15) is 18.8 Å². The van der Waals surface area contributed by atoms with Crippen molar-refractivity contribution >= 4 is 0 Å². The summed E-state index contributed by atoms with van der Waals surface area (Å²) in [5, 5.41) is 20.7. The normalized spacial score (nSPS) is 14.4. The zero-order valence-electron chi connectivity index (χ0n) is 10.1. The number of halogens is 3. The Bertz CT molecular complexity index is 379. The molecule has 1 aromatic carbocycles. The molecule has 2 unspecified atom stereocenters. The summed E-state index contributed by atoms with van der Waals surface area (Å²) in [6.07, 6.45) is -5.61. The van der Waals surface area contributed by atoms with Gasteiger partial charge in [0.2, 0.25) is 0 Å². The molecular formula is C12H16F3NO3. The summed E-state index contributed by atoms with van der Waals surface area (Å²) in [5.74, 6) is -0.537. The lowest BCUT2D eigenvalue weighted by atomic mass is 10.3. The van der Waals surface area contributed by atoms with E-state index in [9.17, 15) is 18.3 Å². The van der Waals surface area contributed by atoms with E-state index in [4.69, 9.17) is 9.84 Å². The molecule has 0 spiro atoms. The van der Waals surface area contributed by atoms with E-state index in [1.807, 2.05) is 0 Å². The van der Waals surface area contributed by atoms with Gasteiger partial charge >= 0.3 is 0 Å². The Balaban J connectivity index is 2.21. The quantitative estimate of drug-likeness (QED) is 0.658. The van der Waals surface area contributed by atoms with E-state index in [1.54, 1.807) is 6.07 Å². The lowest BCUT2D eigenvalue weighted by Gasteiger charge is -2.15. The van der Waals surface area contributed by atoms with Gasteiger partial charge in [-0.05, 0) is 12.1 Å². The lowest BCUT2D eigenvalue weighted by Crippen LogP contribution is -2.38. The molecule has 1 rings (SSSR count). The monoisotopic (exact) mass is 279 g/mol. The third-order valence-corrected chi connectivity index (χ3v) is 2.29. The number of para-hydroxylation sites is 1. The molecule has 0 saturated heterocycles. The lowest BCUT2D eigenvalue weighted by molar-refractivity contribution is -0.00532. The average Bonchev–Trinajstić information content (AvgIpc) is 2.37. The summed E-state index contributed by atoms with van der Waals surface area (Å²) >= 11 is 0. The standard InChI is InChI=1S/C12H16F3NO3/c13-9-3-1-2-4-11(9)19-7-8(17)5-16-6-10(18)12(14)15/h1-4,8,10,12,16-18H,5-7H2. The van der Waals surface area contributed by atoms with Crippen LogP contribution in [0.5, 0.6) is 5.75 Å². The van der Waals surface area contributed by atoms with Crippen LogP contribution in [0.4, 0.5) is 13.2 Å². The Hall–Kier alpha value is -1.31. The highest BCUT2D eigenvalue weighted by atomic mass is 19.3. The van der Waals surface area contributed by atoms with Crippen LogP contribution in [-0.4, -0.2) is 48.5 Å². The smallest absolute Gasteiger partial charge is 0.265 e. The second kappa shape index (κ2) is 7.98. The van der Waals surface area contributed by atoms with E-state index < -0.39 is 24.5 Å². The molecule has 0 heterocycles. The number of alkyl halides is 2. The first-order valence-electron chi connectivity index (χ1n) is 5.73. The molecule has 0 fully saturated rings. The summed E-state index contributed by atoms with van der Waals surface area (Å²) in [6, 6.07) is 5.73. The van der Waals surface area contributed by atoms with Crippen molar-refractivity contribution in [2.75, 3.05) is 19.7 Å². The van der Waals surface area contributed by atoms with E-state index in [0.29, 0.717) is 0 Å². The SMILES string of the molecule is OC(CNCC(O)C(F)F)COc1ccccc1F. The predicted octanol–water partition coefficient (Wildman–Crippen LogP) is 0.781. The Morgan fingerprint density at radius 2 is 1.84 bits per heavy atom. The molecule has 0 aliphatic carbocycles. The number of nitrogens with one attached hydrogen (secondary N) is 1. The van der Waals surface area contributed by atoms with Crippen molar-refractivity contribution in [3.05, 3.63) is 30.1 Å². The van der Waals surface area contributed by atoms with Crippen LogP contribution in [0, 0.1) is 5.82 Å². The Morgan fingerprint density at radius 1 is 1.16 bits per heavy atom. The van der Waals surface area contributed by atoms with Gasteiger partial charge in [0, 0.05) is 13.1 Å². The fourth-order valence-corrected chi connectivity index (χ4v) is 1.29. The first-order chi connectivity index (χ1) is 9.00. The number of benzene rings is 1. The third-order valence-electron chi connectivity index (χ3n) is 2.29. The highest BCUT2D eigenvalue weighted by Gasteiger charge is 2.16. The molecule has 2 atom stereocenters. The summed E-state index contributed by atoms with van der Waals surface area (Å²) in [4.78, 5) is 0. The van der Waals surface area contributed by atoms with E-state index in [2.05, 4.69) is 5.32 Å². The van der Waals surface area contributed by atoms with Gasteiger partial charge in [0.15, 0.2) is 11.6 Å². The fraction of sp³-hybridized carbons (Fsp3) is 0.500. The van der Waals surface area contributed by atoms with Crippen LogP contribution in [0.25, 0.3) is 0 Å². The maximum absolute atomic E-state index is 13.1. The van der Waals surface area contributed by atoms with Crippen LogP contribution in [0.3, 0.4) is 0 Å². The summed E-state index contributed by atoms with van der Waals surface area (Å²) in [5.41, 5.74) is 0. The average molecular weight is 279 g/mol. The van der Waals surface area contributed by atoms with Crippen molar-refractivity contribution in [1.29, 1.82) is 0 Å². The number of hydrogen-bond acceptors (Lipinski definition) is 4. The van der Waals surface area contributed by atoms with Crippen molar-refractivity contribution in [3.8, 4) is 5.75 Å². The highest BCUT2D eigenvalue weighted by molar-refractivity contribution is 5.23. The zero-order chi connectivity index (χ0) is 14.3. The number of aliphatic hydroxyl groups excluding tert-OH is 2. The highest BCUT2D eigenvalue weighted by Crippen LogP contribution is 2.15. The maximum atomic E-state index is 13.1. The van der Waals surface area contributed by atoms with Crippen molar-refractivity contribution in [3.63, 3.8) is 0 Å². The first kappa shape index (κ1) is 15.7. The second-order valence-electron chi connectivity index (χ2n) is 3.96. The van der Waals surface area contributed by atoms with Gasteiger partial charge in [0.25, 0.3) is 6.43 Å². The van der Waals surface area contributed by atoms with Gasteiger partial charge in [-0.25, -0.2) is 13.2 Å². The molecule has 0 saturated carbocycles. The van der Waals surface area contributed by atoms with Crippen LogP contribution in [-0.2, 0) is 0 Å². The minimum atomic E-state index is -2.83. The van der Waals surface area contributed by atoms with Crippen LogP contribution >= 0.6 is 0 Å². The van der Waals surface area contributed by atoms with Crippen LogP contribution in [0.1, 0.15) is 0 Å². The molecule has 0 radical (unpaired) electrons. The Labute approximate surface area is 108 Å². The summed E-state index contributed by atoms with van der Waals surface area (Å²) in [7, 11) is 0. The molecule has 1 aromatic rings. The van der Waals surface area contributed by atoms with Crippen molar-refractivity contribution in [1.82, 2.24) is 5.32 Å². The van der Waals surface area contributed by atoms with Gasteiger partial charge < -0.3 is 20.3 Å². The summed E-state index contributed by atoms with van der Waals surface area (Å²) < 4.78 is 42.1. The maximum Gasteiger partial charge on any atom is 0.265 e. The third kappa shape index (κ3) is 5.91. The molecule has 0 aliphatic rings. The fourth-order valence-electron chi connectivity index (χ4n) is 1.29.